The number of thiazole rings is 1. The number of nitrogens with one attached hydrogen (secondary N) is 2. The van der Waals surface area contributed by atoms with Gasteiger partial charge in [-0.2, -0.15) is 0 Å². The number of ether oxygens (including phenoxy) is 1. The molecule has 0 unspecified atom stereocenters. The van der Waals surface area contributed by atoms with Crippen LogP contribution in [0.25, 0.3) is 0 Å². The summed E-state index contributed by atoms with van der Waals surface area (Å²) in [4.78, 5) is 9.91. The number of hydrogen-bond donors (Lipinski definition) is 2. The molecule has 0 aliphatic heterocycles. The van der Waals surface area contributed by atoms with Crippen LogP contribution in [0.3, 0.4) is 0 Å². The number of halogens is 4. The van der Waals surface area contributed by atoms with Gasteiger partial charge in [-0.25, -0.2) is 4.98 Å². The average molecular weight is 528 g/mol. The molecule has 0 saturated carbocycles. The zero-order valence-electron chi connectivity index (χ0n) is 15.9. The number of hydrogen-bond acceptors (Lipinski definition) is 4. The summed E-state index contributed by atoms with van der Waals surface area (Å²) >= 11 is 1.68. The minimum atomic E-state index is -4.72. The first-order valence-electron chi connectivity index (χ1n) is 8.55. The summed E-state index contributed by atoms with van der Waals surface area (Å²) in [5.74, 6) is 0.277. The van der Waals surface area contributed by atoms with Crippen molar-refractivity contribution in [3.63, 3.8) is 0 Å². The zero-order chi connectivity index (χ0) is 19.9. The lowest BCUT2D eigenvalue weighted by Gasteiger charge is -2.15. The highest BCUT2D eigenvalue weighted by atomic mass is 127. The molecule has 156 valence electrons. The number of aryl methyl sites for hydroxylation is 2. The molecule has 1 heterocycles. The Morgan fingerprint density at radius 3 is 2.57 bits per heavy atom. The molecule has 0 aliphatic rings. The van der Waals surface area contributed by atoms with Crippen molar-refractivity contribution in [1.82, 2.24) is 15.6 Å². The molecule has 0 aliphatic carbocycles. The second kappa shape index (κ2) is 11.4. The molecule has 28 heavy (non-hydrogen) atoms. The number of nitrogens with zero attached hydrogens (tertiary/aromatic N) is 2. The largest absolute Gasteiger partial charge is 0.573 e. The first-order valence-corrected chi connectivity index (χ1v) is 9.37. The maximum absolute atomic E-state index is 12.5. The SMILES string of the molecule is CCc1nc(CCNC(=NC)NCc2ccccc2OC(F)(F)F)sc1C.I. The van der Waals surface area contributed by atoms with Crippen LogP contribution in [0.1, 0.15) is 28.1 Å². The zero-order valence-corrected chi connectivity index (χ0v) is 19.0. The van der Waals surface area contributed by atoms with Crippen LogP contribution in [-0.2, 0) is 19.4 Å². The molecule has 0 bridgehead atoms. The van der Waals surface area contributed by atoms with Gasteiger partial charge in [0, 0.05) is 37.0 Å². The van der Waals surface area contributed by atoms with E-state index in [9.17, 15) is 13.2 Å². The Bertz CT molecular complexity index is 780. The van der Waals surface area contributed by atoms with Crippen molar-refractivity contribution in [2.45, 2.75) is 39.6 Å². The average Bonchev–Trinajstić information content (AvgIpc) is 2.97. The third-order valence-electron chi connectivity index (χ3n) is 3.77. The molecule has 1 aromatic heterocycles. The molecule has 0 atom stereocenters. The van der Waals surface area contributed by atoms with Gasteiger partial charge in [0.1, 0.15) is 5.75 Å². The Balaban J connectivity index is 0.00000392. The van der Waals surface area contributed by atoms with E-state index in [2.05, 4.69) is 39.2 Å². The number of rotatable bonds is 7. The van der Waals surface area contributed by atoms with Crippen molar-refractivity contribution in [2.24, 2.45) is 4.99 Å². The molecule has 1 aromatic carbocycles. The summed E-state index contributed by atoms with van der Waals surface area (Å²) in [7, 11) is 1.61. The van der Waals surface area contributed by atoms with Crippen LogP contribution < -0.4 is 15.4 Å². The van der Waals surface area contributed by atoms with E-state index in [1.165, 1.54) is 17.0 Å². The Labute approximate surface area is 183 Å². The molecular weight excluding hydrogens is 504 g/mol. The smallest absolute Gasteiger partial charge is 0.405 e. The minimum absolute atomic E-state index is 0. The van der Waals surface area contributed by atoms with E-state index in [1.54, 1.807) is 30.5 Å². The number of benzene rings is 1. The van der Waals surface area contributed by atoms with Gasteiger partial charge in [-0.15, -0.1) is 48.5 Å². The van der Waals surface area contributed by atoms with Crippen LogP contribution >= 0.6 is 35.3 Å². The van der Waals surface area contributed by atoms with Gasteiger partial charge in [0.2, 0.25) is 0 Å². The quantitative estimate of drug-likeness (QED) is 0.317. The summed E-state index contributed by atoms with van der Waals surface area (Å²) in [6.45, 7) is 4.92. The number of aromatic nitrogens is 1. The van der Waals surface area contributed by atoms with Crippen molar-refractivity contribution in [2.75, 3.05) is 13.6 Å². The highest BCUT2D eigenvalue weighted by Crippen LogP contribution is 2.26. The van der Waals surface area contributed by atoms with Gasteiger partial charge in [-0.3, -0.25) is 4.99 Å². The van der Waals surface area contributed by atoms with Crippen molar-refractivity contribution in [1.29, 1.82) is 0 Å². The fraction of sp³-hybridized carbons (Fsp3) is 0.444. The molecule has 5 nitrogen and oxygen atoms in total. The van der Waals surface area contributed by atoms with Crippen LogP contribution in [0.5, 0.6) is 5.75 Å². The van der Waals surface area contributed by atoms with E-state index in [1.807, 2.05) is 0 Å². The van der Waals surface area contributed by atoms with Gasteiger partial charge in [0.25, 0.3) is 0 Å². The van der Waals surface area contributed by atoms with Crippen LogP contribution in [0, 0.1) is 6.92 Å². The van der Waals surface area contributed by atoms with Gasteiger partial charge in [0.05, 0.1) is 10.7 Å². The summed E-state index contributed by atoms with van der Waals surface area (Å²) in [6, 6.07) is 6.02. The van der Waals surface area contributed by atoms with Gasteiger partial charge < -0.3 is 15.4 Å². The van der Waals surface area contributed by atoms with Crippen molar-refractivity contribution in [3.05, 3.63) is 45.4 Å². The predicted molar refractivity (Wildman–Crippen MR) is 117 cm³/mol. The lowest BCUT2D eigenvalue weighted by Crippen LogP contribution is -2.38. The van der Waals surface area contributed by atoms with Crippen LogP contribution in [0.15, 0.2) is 29.3 Å². The lowest BCUT2D eigenvalue weighted by molar-refractivity contribution is -0.274. The summed E-state index contributed by atoms with van der Waals surface area (Å²) in [5.41, 5.74) is 1.51. The van der Waals surface area contributed by atoms with E-state index in [0.29, 0.717) is 18.1 Å². The second-order valence-electron chi connectivity index (χ2n) is 5.72. The van der Waals surface area contributed by atoms with E-state index < -0.39 is 6.36 Å². The third kappa shape index (κ3) is 7.82. The molecule has 0 amide bonds. The highest BCUT2D eigenvalue weighted by molar-refractivity contribution is 14.0. The Kier molecular flexibility index (Phi) is 10.0. The molecule has 0 saturated heterocycles. The molecule has 10 heteroatoms. The molecule has 2 rings (SSSR count). The van der Waals surface area contributed by atoms with Crippen molar-refractivity contribution >= 4 is 41.3 Å². The van der Waals surface area contributed by atoms with E-state index in [0.717, 1.165) is 23.5 Å². The van der Waals surface area contributed by atoms with Crippen molar-refractivity contribution in [3.8, 4) is 5.75 Å². The maximum Gasteiger partial charge on any atom is 0.573 e. The molecule has 0 radical (unpaired) electrons. The van der Waals surface area contributed by atoms with Gasteiger partial charge in [-0.1, -0.05) is 25.1 Å². The van der Waals surface area contributed by atoms with Gasteiger partial charge in [-0.05, 0) is 19.4 Å². The third-order valence-corrected chi connectivity index (χ3v) is 4.84. The van der Waals surface area contributed by atoms with Crippen LogP contribution in [-0.4, -0.2) is 30.9 Å². The topological polar surface area (TPSA) is 58.5 Å². The number of aliphatic imine (C=N–C) groups is 1. The van der Waals surface area contributed by atoms with E-state index >= 15 is 0 Å². The monoisotopic (exact) mass is 528 g/mol. The summed E-state index contributed by atoms with van der Waals surface area (Å²) in [5, 5.41) is 7.20. The minimum Gasteiger partial charge on any atom is -0.405 e. The summed E-state index contributed by atoms with van der Waals surface area (Å²) in [6.07, 6.45) is -3.06. The summed E-state index contributed by atoms with van der Waals surface area (Å²) < 4.78 is 41.5. The predicted octanol–water partition coefficient (Wildman–Crippen LogP) is 4.44. The number of alkyl halides is 3. The molecule has 2 N–H and O–H groups in total. The Morgan fingerprint density at radius 1 is 1.25 bits per heavy atom. The fourth-order valence-corrected chi connectivity index (χ4v) is 3.51. The second-order valence-corrected chi connectivity index (χ2v) is 7.01. The number of para-hydroxylation sites is 1. The molecular formula is C18H24F3IN4OS. The van der Waals surface area contributed by atoms with E-state index in [4.69, 9.17) is 0 Å². The molecule has 0 spiro atoms. The lowest BCUT2D eigenvalue weighted by atomic mass is 10.2. The molecule has 0 fully saturated rings. The van der Waals surface area contributed by atoms with Gasteiger partial charge in [0.15, 0.2) is 5.96 Å². The number of guanidine groups is 1. The Hall–Kier alpha value is -1.56. The standard InChI is InChI=1S/C18H23F3N4OS.HI/c1-4-14-12(2)27-16(25-14)9-10-23-17(22-3)24-11-13-7-5-6-8-15(13)26-18(19,20)21;/h5-8H,4,9-11H2,1-3H3,(H2,22,23,24);1H. The van der Waals surface area contributed by atoms with Crippen molar-refractivity contribution < 1.29 is 17.9 Å². The molecule has 2 aromatic rings. The fourth-order valence-electron chi connectivity index (χ4n) is 2.48. The maximum atomic E-state index is 12.5. The normalized spacial score (nSPS) is 11.7. The van der Waals surface area contributed by atoms with Gasteiger partial charge >= 0.3 is 6.36 Å². The van der Waals surface area contributed by atoms with Crippen LogP contribution in [0.4, 0.5) is 13.2 Å². The van der Waals surface area contributed by atoms with Crippen LogP contribution in [0.2, 0.25) is 0 Å². The van der Waals surface area contributed by atoms with E-state index in [-0.39, 0.29) is 36.3 Å². The highest BCUT2D eigenvalue weighted by Gasteiger charge is 2.31. The first kappa shape index (κ1) is 24.5. The first-order chi connectivity index (χ1) is 12.8. The Morgan fingerprint density at radius 2 is 1.96 bits per heavy atom.